The van der Waals surface area contributed by atoms with Gasteiger partial charge in [0.2, 0.25) is 5.95 Å². The number of hydrogen-bond acceptors (Lipinski definition) is 7. The van der Waals surface area contributed by atoms with Crippen molar-refractivity contribution in [2.24, 2.45) is 5.84 Å². The number of methoxy groups -OCH3 is 1. The Bertz CT molecular complexity index is 629. The van der Waals surface area contributed by atoms with E-state index in [2.05, 4.69) is 33.7 Å². The maximum Gasteiger partial charge on any atom is 0.240 e. The number of thiophene rings is 1. The average Bonchev–Trinajstić information content (AvgIpc) is 3.12. The van der Waals surface area contributed by atoms with Crippen LogP contribution in [0.5, 0.6) is 0 Å². The molecule has 6 nitrogen and oxygen atoms in total. The molecule has 1 saturated carbocycles. The highest BCUT2D eigenvalue weighted by Gasteiger charge is 2.28. The highest BCUT2D eigenvalue weighted by Crippen LogP contribution is 2.32. The van der Waals surface area contributed by atoms with Crippen molar-refractivity contribution in [3.05, 3.63) is 10.9 Å². The number of nitrogen functional groups attached to an aromatic ring is 1. The van der Waals surface area contributed by atoms with Gasteiger partial charge in [-0.3, -0.25) is 5.43 Å². The Kier molecular flexibility index (Phi) is 4.23. The van der Waals surface area contributed by atoms with Crippen molar-refractivity contribution in [2.75, 3.05) is 17.9 Å². The van der Waals surface area contributed by atoms with Crippen molar-refractivity contribution < 1.29 is 4.74 Å². The number of aryl methyl sites for hydroxylation is 1. The van der Waals surface area contributed by atoms with Crippen LogP contribution in [0.3, 0.4) is 0 Å². The second kappa shape index (κ2) is 6.13. The van der Waals surface area contributed by atoms with Crippen LogP contribution in [0.2, 0.25) is 0 Å². The molecule has 1 aliphatic carbocycles. The molecule has 21 heavy (non-hydrogen) atoms. The van der Waals surface area contributed by atoms with E-state index < -0.39 is 0 Å². The van der Waals surface area contributed by atoms with Crippen LogP contribution in [0.1, 0.15) is 31.1 Å². The van der Waals surface area contributed by atoms with Gasteiger partial charge in [0.25, 0.3) is 0 Å². The SMILES string of the molecule is CCc1cc2c(NC3CCCC3OC)nc(NN)nc2s1. The van der Waals surface area contributed by atoms with Crippen LogP contribution >= 0.6 is 11.3 Å². The standard InChI is InChI=1S/C14H21N5OS/c1-3-8-7-9-12(16-10-5-4-6-11(10)20-2)17-14(19-15)18-13(9)21-8/h7,10-11H,3-6,15H2,1-2H3,(H2,16,17,18,19). The van der Waals surface area contributed by atoms with Gasteiger partial charge >= 0.3 is 0 Å². The molecule has 114 valence electrons. The number of nitrogens with one attached hydrogen (secondary N) is 2. The Labute approximate surface area is 128 Å². The molecule has 0 saturated heterocycles. The minimum absolute atomic E-state index is 0.244. The number of anilines is 2. The van der Waals surface area contributed by atoms with Crippen LogP contribution in [0.4, 0.5) is 11.8 Å². The third-order valence-corrected chi connectivity index (χ3v) is 5.17. The number of ether oxygens (including phenoxy) is 1. The molecule has 0 spiro atoms. The van der Waals surface area contributed by atoms with E-state index in [1.807, 2.05) is 0 Å². The molecule has 0 aliphatic heterocycles. The van der Waals surface area contributed by atoms with Crippen molar-refractivity contribution in [1.82, 2.24) is 9.97 Å². The van der Waals surface area contributed by atoms with Gasteiger partial charge < -0.3 is 10.1 Å². The summed E-state index contributed by atoms with van der Waals surface area (Å²) in [6.45, 7) is 2.14. The summed E-state index contributed by atoms with van der Waals surface area (Å²) in [5, 5.41) is 4.60. The summed E-state index contributed by atoms with van der Waals surface area (Å²) in [6, 6.07) is 2.46. The quantitative estimate of drug-likeness (QED) is 0.581. The Morgan fingerprint density at radius 2 is 2.29 bits per heavy atom. The molecular weight excluding hydrogens is 286 g/mol. The molecule has 1 aliphatic rings. The van der Waals surface area contributed by atoms with Gasteiger partial charge in [0.05, 0.1) is 17.5 Å². The van der Waals surface area contributed by atoms with Gasteiger partial charge in [0, 0.05) is 12.0 Å². The van der Waals surface area contributed by atoms with E-state index in [-0.39, 0.29) is 6.10 Å². The van der Waals surface area contributed by atoms with Crippen molar-refractivity contribution in [1.29, 1.82) is 0 Å². The van der Waals surface area contributed by atoms with E-state index in [9.17, 15) is 0 Å². The fourth-order valence-corrected chi connectivity index (χ4v) is 3.84. The van der Waals surface area contributed by atoms with E-state index in [1.54, 1.807) is 18.4 Å². The zero-order chi connectivity index (χ0) is 14.8. The summed E-state index contributed by atoms with van der Waals surface area (Å²) in [4.78, 5) is 11.2. The summed E-state index contributed by atoms with van der Waals surface area (Å²) < 4.78 is 5.55. The molecule has 2 heterocycles. The Hall–Kier alpha value is -1.44. The van der Waals surface area contributed by atoms with Gasteiger partial charge in [-0.15, -0.1) is 11.3 Å². The second-order valence-electron chi connectivity index (χ2n) is 5.28. The zero-order valence-electron chi connectivity index (χ0n) is 12.3. The lowest BCUT2D eigenvalue weighted by atomic mass is 10.2. The lowest BCUT2D eigenvalue weighted by Gasteiger charge is -2.20. The molecule has 2 aromatic heterocycles. The maximum absolute atomic E-state index is 5.55. The molecule has 7 heteroatoms. The molecule has 4 N–H and O–H groups in total. The summed E-state index contributed by atoms with van der Waals surface area (Å²) >= 11 is 1.69. The Morgan fingerprint density at radius 3 is 3.00 bits per heavy atom. The molecule has 0 aromatic carbocycles. The van der Waals surface area contributed by atoms with Crippen LogP contribution in [-0.4, -0.2) is 29.2 Å². The lowest BCUT2D eigenvalue weighted by molar-refractivity contribution is 0.101. The van der Waals surface area contributed by atoms with Crippen molar-refractivity contribution in [2.45, 2.75) is 44.8 Å². The minimum Gasteiger partial charge on any atom is -0.379 e. The van der Waals surface area contributed by atoms with Crippen LogP contribution in [-0.2, 0) is 11.2 Å². The fraction of sp³-hybridized carbons (Fsp3) is 0.571. The zero-order valence-corrected chi connectivity index (χ0v) is 13.2. The van der Waals surface area contributed by atoms with E-state index in [0.29, 0.717) is 12.0 Å². The number of rotatable bonds is 5. The summed E-state index contributed by atoms with van der Waals surface area (Å²) in [5.41, 5.74) is 2.55. The van der Waals surface area contributed by atoms with Crippen LogP contribution in [0.15, 0.2) is 6.07 Å². The number of hydrazine groups is 1. The van der Waals surface area contributed by atoms with E-state index in [1.165, 1.54) is 11.3 Å². The van der Waals surface area contributed by atoms with E-state index >= 15 is 0 Å². The van der Waals surface area contributed by atoms with Crippen molar-refractivity contribution in [3.63, 3.8) is 0 Å². The highest BCUT2D eigenvalue weighted by atomic mass is 32.1. The number of nitrogens with zero attached hydrogens (tertiary/aromatic N) is 2. The first-order valence-electron chi connectivity index (χ1n) is 7.31. The molecule has 0 bridgehead atoms. The Balaban J connectivity index is 1.97. The number of aromatic nitrogens is 2. The van der Waals surface area contributed by atoms with Gasteiger partial charge in [-0.1, -0.05) is 6.92 Å². The molecule has 2 aromatic rings. The minimum atomic E-state index is 0.244. The molecule has 3 rings (SSSR count). The molecule has 0 radical (unpaired) electrons. The van der Waals surface area contributed by atoms with Crippen molar-refractivity contribution >= 4 is 33.3 Å². The topological polar surface area (TPSA) is 85.1 Å². The van der Waals surface area contributed by atoms with Crippen LogP contribution < -0.4 is 16.6 Å². The fourth-order valence-electron chi connectivity index (χ4n) is 2.87. The third kappa shape index (κ3) is 2.81. The third-order valence-electron chi connectivity index (χ3n) is 4.00. The first-order chi connectivity index (χ1) is 10.2. The average molecular weight is 307 g/mol. The monoisotopic (exact) mass is 307 g/mol. The number of hydrogen-bond donors (Lipinski definition) is 3. The van der Waals surface area contributed by atoms with Gasteiger partial charge in [0.1, 0.15) is 10.6 Å². The normalized spacial score (nSPS) is 21.9. The first kappa shape index (κ1) is 14.5. The largest absolute Gasteiger partial charge is 0.379 e. The van der Waals surface area contributed by atoms with Crippen molar-refractivity contribution in [3.8, 4) is 0 Å². The number of fused-ring (bicyclic) bond motifs is 1. The van der Waals surface area contributed by atoms with E-state index in [4.69, 9.17) is 10.6 Å². The predicted octanol–water partition coefficient (Wildman–Crippen LogP) is 2.52. The second-order valence-corrected chi connectivity index (χ2v) is 6.40. The van der Waals surface area contributed by atoms with E-state index in [0.717, 1.165) is 35.3 Å². The highest BCUT2D eigenvalue weighted by molar-refractivity contribution is 7.18. The van der Waals surface area contributed by atoms with Gasteiger partial charge in [-0.25, -0.2) is 10.8 Å². The van der Waals surface area contributed by atoms with Gasteiger partial charge in [0.15, 0.2) is 0 Å². The maximum atomic E-state index is 5.55. The molecule has 0 amide bonds. The summed E-state index contributed by atoms with van der Waals surface area (Å²) in [7, 11) is 1.77. The molecular formula is C14H21N5OS. The summed E-state index contributed by atoms with van der Waals surface area (Å²) in [5.74, 6) is 6.78. The van der Waals surface area contributed by atoms with Gasteiger partial charge in [-0.2, -0.15) is 4.98 Å². The molecule has 2 atom stereocenters. The first-order valence-corrected chi connectivity index (χ1v) is 8.13. The smallest absolute Gasteiger partial charge is 0.240 e. The summed E-state index contributed by atoms with van der Waals surface area (Å²) in [6.07, 6.45) is 4.61. The Morgan fingerprint density at radius 1 is 1.43 bits per heavy atom. The van der Waals surface area contributed by atoms with Crippen LogP contribution in [0, 0.1) is 0 Å². The number of nitrogens with two attached hydrogens (primary N) is 1. The van der Waals surface area contributed by atoms with Gasteiger partial charge in [-0.05, 0) is 31.7 Å². The van der Waals surface area contributed by atoms with Crippen LogP contribution in [0.25, 0.3) is 10.2 Å². The molecule has 1 fully saturated rings. The lowest BCUT2D eigenvalue weighted by Crippen LogP contribution is -2.30. The predicted molar refractivity (Wildman–Crippen MR) is 86.7 cm³/mol. The molecule has 2 unspecified atom stereocenters.